The SMILES string of the molecule is CCOc1ccc(/C=C(\C(=O)O)c2ccc(Cl)cc2)cc1OCC. The van der Waals surface area contributed by atoms with Crippen LogP contribution in [0.4, 0.5) is 0 Å². The van der Waals surface area contributed by atoms with Crippen LogP contribution in [0.5, 0.6) is 11.5 Å². The van der Waals surface area contributed by atoms with Gasteiger partial charge in [-0.2, -0.15) is 0 Å². The van der Waals surface area contributed by atoms with Crippen molar-refractivity contribution < 1.29 is 19.4 Å². The minimum atomic E-state index is -1.01. The van der Waals surface area contributed by atoms with E-state index in [4.69, 9.17) is 21.1 Å². The Morgan fingerprint density at radius 3 is 2.25 bits per heavy atom. The number of benzene rings is 2. The lowest BCUT2D eigenvalue weighted by molar-refractivity contribution is -0.130. The summed E-state index contributed by atoms with van der Waals surface area (Å²) in [6.45, 7) is 4.80. The molecule has 126 valence electrons. The molecule has 0 radical (unpaired) electrons. The fraction of sp³-hybridized carbons (Fsp3) is 0.211. The molecule has 0 aliphatic heterocycles. The molecule has 2 aromatic carbocycles. The van der Waals surface area contributed by atoms with Crippen molar-refractivity contribution in [3.63, 3.8) is 0 Å². The summed E-state index contributed by atoms with van der Waals surface area (Å²) in [6.07, 6.45) is 1.60. The Labute approximate surface area is 146 Å². The van der Waals surface area contributed by atoms with Crippen LogP contribution >= 0.6 is 11.6 Å². The maximum absolute atomic E-state index is 11.6. The van der Waals surface area contributed by atoms with Crippen LogP contribution in [0.3, 0.4) is 0 Å². The zero-order valence-electron chi connectivity index (χ0n) is 13.6. The summed E-state index contributed by atoms with van der Waals surface area (Å²) in [4.78, 5) is 11.6. The minimum Gasteiger partial charge on any atom is -0.490 e. The molecular weight excluding hydrogens is 328 g/mol. The van der Waals surface area contributed by atoms with Crippen molar-refractivity contribution in [3.05, 3.63) is 58.6 Å². The minimum absolute atomic E-state index is 0.179. The number of halogens is 1. The van der Waals surface area contributed by atoms with Crippen LogP contribution in [0.2, 0.25) is 5.02 Å². The molecule has 5 heteroatoms. The smallest absolute Gasteiger partial charge is 0.336 e. The Morgan fingerprint density at radius 1 is 1.04 bits per heavy atom. The molecule has 2 rings (SSSR count). The van der Waals surface area contributed by atoms with Gasteiger partial charge in [-0.15, -0.1) is 0 Å². The van der Waals surface area contributed by atoms with Gasteiger partial charge in [0.05, 0.1) is 18.8 Å². The molecule has 24 heavy (non-hydrogen) atoms. The van der Waals surface area contributed by atoms with Crippen molar-refractivity contribution in [2.24, 2.45) is 0 Å². The van der Waals surface area contributed by atoms with Gasteiger partial charge in [-0.1, -0.05) is 29.8 Å². The second-order valence-corrected chi connectivity index (χ2v) is 5.38. The van der Waals surface area contributed by atoms with Crippen LogP contribution in [0, 0.1) is 0 Å². The molecule has 0 atom stereocenters. The van der Waals surface area contributed by atoms with E-state index in [1.165, 1.54) is 0 Å². The van der Waals surface area contributed by atoms with Crippen LogP contribution in [0.1, 0.15) is 25.0 Å². The number of carboxylic acid groups (broad SMARTS) is 1. The van der Waals surface area contributed by atoms with Gasteiger partial charge in [-0.25, -0.2) is 4.79 Å². The van der Waals surface area contributed by atoms with Crippen LogP contribution in [0.15, 0.2) is 42.5 Å². The van der Waals surface area contributed by atoms with E-state index in [0.717, 1.165) is 0 Å². The molecule has 0 aromatic heterocycles. The maximum Gasteiger partial charge on any atom is 0.336 e. The van der Waals surface area contributed by atoms with Crippen molar-refractivity contribution in [3.8, 4) is 11.5 Å². The summed E-state index contributed by atoms with van der Waals surface area (Å²) in [5.41, 5.74) is 1.48. The summed E-state index contributed by atoms with van der Waals surface area (Å²) in [5.74, 6) is 0.220. The molecule has 0 saturated heterocycles. The highest BCUT2D eigenvalue weighted by atomic mass is 35.5. The summed E-state index contributed by atoms with van der Waals surface area (Å²) in [7, 11) is 0. The monoisotopic (exact) mass is 346 g/mol. The third-order valence-electron chi connectivity index (χ3n) is 3.26. The molecule has 0 bridgehead atoms. The van der Waals surface area contributed by atoms with Crippen molar-refractivity contribution in [1.82, 2.24) is 0 Å². The van der Waals surface area contributed by atoms with Crippen molar-refractivity contribution in [1.29, 1.82) is 0 Å². The van der Waals surface area contributed by atoms with Crippen molar-refractivity contribution >= 4 is 29.2 Å². The van der Waals surface area contributed by atoms with Gasteiger partial charge in [0.1, 0.15) is 0 Å². The second kappa shape index (κ2) is 8.41. The standard InChI is InChI=1S/C19H19ClO4/c1-3-23-17-10-5-13(12-18(17)24-4-2)11-16(19(21)22)14-6-8-15(20)9-7-14/h5-12H,3-4H2,1-2H3,(H,21,22)/b16-11-. The predicted octanol–water partition coefficient (Wildman–Crippen LogP) is 4.76. The highest BCUT2D eigenvalue weighted by Crippen LogP contribution is 2.30. The summed E-state index contributed by atoms with van der Waals surface area (Å²) in [6, 6.07) is 12.0. The summed E-state index contributed by atoms with van der Waals surface area (Å²) in [5, 5.41) is 10.1. The van der Waals surface area contributed by atoms with Gasteiger partial charge in [-0.05, 0) is 55.3 Å². The van der Waals surface area contributed by atoms with E-state index < -0.39 is 5.97 Å². The van der Waals surface area contributed by atoms with Crippen LogP contribution in [-0.2, 0) is 4.79 Å². The van der Waals surface area contributed by atoms with E-state index >= 15 is 0 Å². The Morgan fingerprint density at radius 2 is 1.67 bits per heavy atom. The quantitative estimate of drug-likeness (QED) is 0.580. The van der Waals surface area contributed by atoms with Crippen LogP contribution in [0.25, 0.3) is 11.6 Å². The fourth-order valence-corrected chi connectivity index (χ4v) is 2.35. The lowest BCUT2D eigenvalue weighted by atomic mass is 10.0. The highest BCUT2D eigenvalue weighted by Gasteiger charge is 2.12. The lowest BCUT2D eigenvalue weighted by Crippen LogP contribution is -2.01. The highest BCUT2D eigenvalue weighted by molar-refractivity contribution is 6.30. The molecule has 0 spiro atoms. The zero-order valence-corrected chi connectivity index (χ0v) is 14.3. The molecular formula is C19H19ClO4. The Bertz CT molecular complexity index is 736. The first-order chi connectivity index (χ1) is 11.5. The molecule has 0 amide bonds. The Hall–Kier alpha value is -2.46. The molecule has 0 aliphatic rings. The largest absolute Gasteiger partial charge is 0.490 e. The molecule has 1 N–H and O–H groups in total. The topological polar surface area (TPSA) is 55.8 Å². The number of rotatable bonds is 7. The molecule has 4 nitrogen and oxygen atoms in total. The first-order valence-corrected chi connectivity index (χ1v) is 8.03. The number of hydrogen-bond donors (Lipinski definition) is 1. The molecule has 0 heterocycles. The Kier molecular flexibility index (Phi) is 6.27. The molecule has 0 unspecified atom stereocenters. The molecule has 0 aliphatic carbocycles. The zero-order chi connectivity index (χ0) is 17.5. The van der Waals surface area contributed by atoms with Gasteiger partial charge in [0.2, 0.25) is 0 Å². The molecule has 0 saturated carbocycles. The van der Waals surface area contributed by atoms with Gasteiger partial charge in [-0.3, -0.25) is 0 Å². The lowest BCUT2D eigenvalue weighted by Gasteiger charge is -2.11. The van der Waals surface area contributed by atoms with Crippen LogP contribution in [-0.4, -0.2) is 24.3 Å². The van der Waals surface area contributed by atoms with Gasteiger partial charge in [0.15, 0.2) is 11.5 Å². The van der Waals surface area contributed by atoms with E-state index in [9.17, 15) is 9.90 Å². The number of aliphatic carboxylic acids is 1. The van der Waals surface area contributed by atoms with Crippen molar-refractivity contribution in [2.75, 3.05) is 13.2 Å². The normalized spacial score (nSPS) is 11.2. The average molecular weight is 347 g/mol. The van der Waals surface area contributed by atoms with Gasteiger partial charge < -0.3 is 14.6 Å². The first kappa shape index (κ1) is 17.9. The molecule has 0 fully saturated rings. The van der Waals surface area contributed by atoms with E-state index in [1.807, 2.05) is 13.8 Å². The third-order valence-corrected chi connectivity index (χ3v) is 3.52. The third kappa shape index (κ3) is 4.52. The van der Waals surface area contributed by atoms with E-state index in [1.54, 1.807) is 48.5 Å². The number of carboxylic acids is 1. The second-order valence-electron chi connectivity index (χ2n) is 4.94. The van der Waals surface area contributed by atoms with Crippen LogP contribution < -0.4 is 9.47 Å². The van der Waals surface area contributed by atoms with Gasteiger partial charge >= 0.3 is 5.97 Å². The Balaban J connectivity index is 2.43. The summed E-state index contributed by atoms with van der Waals surface area (Å²) >= 11 is 5.86. The predicted molar refractivity (Wildman–Crippen MR) is 95.7 cm³/mol. The number of ether oxygens (including phenoxy) is 2. The number of hydrogen-bond acceptors (Lipinski definition) is 3. The maximum atomic E-state index is 11.6. The van der Waals surface area contributed by atoms with E-state index in [0.29, 0.717) is 40.9 Å². The first-order valence-electron chi connectivity index (χ1n) is 7.65. The summed E-state index contributed by atoms with van der Waals surface area (Å²) < 4.78 is 11.1. The average Bonchev–Trinajstić information content (AvgIpc) is 2.56. The van der Waals surface area contributed by atoms with Gasteiger partial charge in [0.25, 0.3) is 0 Å². The fourth-order valence-electron chi connectivity index (χ4n) is 2.22. The van der Waals surface area contributed by atoms with E-state index in [2.05, 4.69) is 0 Å². The van der Waals surface area contributed by atoms with E-state index in [-0.39, 0.29) is 5.57 Å². The van der Waals surface area contributed by atoms with Gasteiger partial charge in [0, 0.05) is 5.02 Å². The molecule has 2 aromatic rings. The van der Waals surface area contributed by atoms with Crippen molar-refractivity contribution in [2.45, 2.75) is 13.8 Å². The number of carbonyl (C=O) groups is 1.